The Balaban J connectivity index is 1.66. The number of aromatic nitrogens is 3. The zero-order valence-electron chi connectivity index (χ0n) is 16.6. The fraction of sp³-hybridized carbons (Fsp3) is 0.125. The summed E-state index contributed by atoms with van der Waals surface area (Å²) in [7, 11) is 1.59. The monoisotopic (exact) mass is 397 g/mol. The standard InChI is InChI=1S/C24H19N3O3/c1-15-7-9-16(10-8-15)24-25-22(30-26-24)14-27-20-6-4-3-5-18(20)23(28)19-13-17(29-2)11-12-21(19)27/h3-13H,14H2,1-2H3. The molecule has 0 saturated carbocycles. The molecule has 5 aromatic rings. The van der Waals surface area contributed by atoms with Crippen LogP contribution in [0, 0.1) is 6.92 Å². The third-order valence-corrected chi connectivity index (χ3v) is 5.25. The molecule has 6 heteroatoms. The Kier molecular flexibility index (Phi) is 4.32. The van der Waals surface area contributed by atoms with Crippen molar-refractivity contribution in [2.45, 2.75) is 13.5 Å². The largest absolute Gasteiger partial charge is 0.497 e. The lowest BCUT2D eigenvalue weighted by Crippen LogP contribution is -2.12. The number of rotatable bonds is 4. The lowest BCUT2D eigenvalue weighted by atomic mass is 10.1. The average molecular weight is 397 g/mol. The highest BCUT2D eigenvalue weighted by Crippen LogP contribution is 2.24. The first-order chi connectivity index (χ1) is 14.6. The Hall–Kier alpha value is -3.93. The lowest BCUT2D eigenvalue weighted by molar-refractivity contribution is 0.374. The summed E-state index contributed by atoms with van der Waals surface area (Å²) in [5.41, 5.74) is 3.64. The van der Waals surface area contributed by atoms with Crippen LogP contribution in [-0.2, 0) is 6.54 Å². The van der Waals surface area contributed by atoms with Crippen molar-refractivity contribution in [3.63, 3.8) is 0 Å². The maximum absolute atomic E-state index is 13.1. The highest BCUT2D eigenvalue weighted by Gasteiger charge is 2.15. The summed E-state index contributed by atoms with van der Waals surface area (Å²) in [6, 6.07) is 21.0. The van der Waals surface area contributed by atoms with Gasteiger partial charge in [-0.1, -0.05) is 47.1 Å². The Morgan fingerprint density at radius 3 is 2.53 bits per heavy atom. The van der Waals surface area contributed by atoms with Crippen LogP contribution in [0.3, 0.4) is 0 Å². The molecule has 0 aliphatic rings. The van der Waals surface area contributed by atoms with Gasteiger partial charge in [-0.3, -0.25) is 4.79 Å². The van der Waals surface area contributed by atoms with Crippen LogP contribution in [-0.4, -0.2) is 21.8 Å². The summed E-state index contributed by atoms with van der Waals surface area (Å²) in [6.07, 6.45) is 0. The molecule has 0 saturated heterocycles. The summed E-state index contributed by atoms with van der Waals surface area (Å²) in [6.45, 7) is 2.38. The average Bonchev–Trinajstić information content (AvgIpc) is 3.25. The molecule has 0 fully saturated rings. The number of ether oxygens (including phenoxy) is 1. The number of nitrogens with zero attached hydrogens (tertiary/aromatic N) is 3. The van der Waals surface area contributed by atoms with Gasteiger partial charge in [-0.2, -0.15) is 4.98 Å². The Morgan fingerprint density at radius 1 is 0.967 bits per heavy atom. The smallest absolute Gasteiger partial charge is 0.246 e. The van der Waals surface area contributed by atoms with Gasteiger partial charge < -0.3 is 13.8 Å². The number of methoxy groups -OCH3 is 1. The zero-order valence-corrected chi connectivity index (χ0v) is 16.6. The molecule has 0 radical (unpaired) electrons. The number of hydrogen-bond acceptors (Lipinski definition) is 5. The van der Waals surface area contributed by atoms with Crippen LogP contribution >= 0.6 is 0 Å². The van der Waals surface area contributed by atoms with Gasteiger partial charge in [0.25, 0.3) is 0 Å². The van der Waals surface area contributed by atoms with Crippen LogP contribution in [0.5, 0.6) is 5.75 Å². The van der Waals surface area contributed by atoms with Gasteiger partial charge in [0.15, 0.2) is 5.43 Å². The molecule has 2 heterocycles. The minimum absolute atomic E-state index is 0.0263. The van der Waals surface area contributed by atoms with E-state index in [9.17, 15) is 4.79 Å². The second kappa shape index (κ2) is 7.15. The van der Waals surface area contributed by atoms with Gasteiger partial charge in [0.1, 0.15) is 12.3 Å². The van der Waals surface area contributed by atoms with Gasteiger partial charge in [0.05, 0.1) is 18.1 Å². The topological polar surface area (TPSA) is 70.2 Å². The van der Waals surface area contributed by atoms with Crippen molar-refractivity contribution < 1.29 is 9.26 Å². The van der Waals surface area contributed by atoms with E-state index in [1.54, 1.807) is 13.2 Å². The van der Waals surface area contributed by atoms with E-state index in [1.165, 1.54) is 5.56 Å². The van der Waals surface area contributed by atoms with Gasteiger partial charge in [0, 0.05) is 16.3 Å². The van der Waals surface area contributed by atoms with E-state index in [2.05, 4.69) is 10.1 Å². The molecule has 0 aliphatic heterocycles. The molecule has 0 spiro atoms. The molecule has 3 aromatic carbocycles. The SMILES string of the molecule is COc1ccc2c(c1)c(=O)c1ccccc1n2Cc1nc(-c2ccc(C)cc2)no1. The van der Waals surface area contributed by atoms with Crippen LogP contribution in [0.1, 0.15) is 11.5 Å². The molecule has 6 nitrogen and oxygen atoms in total. The summed E-state index contributed by atoms with van der Waals surface area (Å²) in [5.74, 6) is 1.65. The third-order valence-electron chi connectivity index (χ3n) is 5.25. The highest BCUT2D eigenvalue weighted by atomic mass is 16.5. The van der Waals surface area contributed by atoms with E-state index in [0.29, 0.717) is 34.8 Å². The quantitative estimate of drug-likeness (QED) is 0.416. The minimum atomic E-state index is -0.0263. The number of aryl methyl sites for hydroxylation is 1. The fourth-order valence-corrected chi connectivity index (χ4v) is 3.68. The maximum Gasteiger partial charge on any atom is 0.246 e. The molecular formula is C24H19N3O3. The molecule has 30 heavy (non-hydrogen) atoms. The Labute approximate surface area is 172 Å². The predicted molar refractivity (Wildman–Crippen MR) is 116 cm³/mol. The molecule has 0 atom stereocenters. The van der Waals surface area contributed by atoms with Crippen molar-refractivity contribution in [3.05, 3.63) is 88.4 Å². The first-order valence-corrected chi connectivity index (χ1v) is 9.63. The summed E-state index contributed by atoms with van der Waals surface area (Å²) in [5, 5.41) is 5.36. The Bertz CT molecular complexity index is 1430. The van der Waals surface area contributed by atoms with Crippen molar-refractivity contribution >= 4 is 21.8 Å². The van der Waals surface area contributed by atoms with E-state index < -0.39 is 0 Å². The summed E-state index contributed by atoms with van der Waals surface area (Å²) >= 11 is 0. The molecule has 148 valence electrons. The van der Waals surface area contributed by atoms with Crippen LogP contribution in [0.15, 0.2) is 76.0 Å². The summed E-state index contributed by atoms with van der Waals surface area (Å²) in [4.78, 5) is 17.6. The highest BCUT2D eigenvalue weighted by molar-refractivity contribution is 5.94. The Morgan fingerprint density at radius 2 is 1.73 bits per heavy atom. The molecule has 0 aliphatic carbocycles. The van der Waals surface area contributed by atoms with Crippen molar-refractivity contribution in [2.24, 2.45) is 0 Å². The van der Waals surface area contributed by atoms with E-state index in [-0.39, 0.29) is 5.43 Å². The molecule has 2 aromatic heterocycles. The molecule has 0 N–H and O–H groups in total. The second-order valence-electron chi connectivity index (χ2n) is 7.19. The molecular weight excluding hydrogens is 378 g/mol. The normalized spacial score (nSPS) is 11.3. The number of fused-ring (bicyclic) bond motifs is 2. The molecule has 0 unspecified atom stereocenters. The molecule has 0 bridgehead atoms. The minimum Gasteiger partial charge on any atom is -0.497 e. The number of para-hydroxylation sites is 1. The van der Waals surface area contributed by atoms with Crippen molar-refractivity contribution in [3.8, 4) is 17.1 Å². The van der Waals surface area contributed by atoms with Crippen LogP contribution in [0.2, 0.25) is 0 Å². The first kappa shape index (κ1) is 18.1. The zero-order chi connectivity index (χ0) is 20.7. The fourth-order valence-electron chi connectivity index (χ4n) is 3.68. The van der Waals surface area contributed by atoms with Gasteiger partial charge in [-0.15, -0.1) is 0 Å². The molecule has 0 amide bonds. The van der Waals surface area contributed by atoms with E-state index in [0.717, 1.165) is 16.6 Å². The van der Waals surface area contributed by atoms with Gasteiger partial charge in [-0.25, -0.2) is 0 Å². The van der Waals surface area contributed by atoms with Gasteiger partial charge in [-0.05, 0) is 37.3 Å². The van der Waals surface area contributed by atoms with E-state index >= 15 is 0 Å². The van der Waals surface area contributed by atoms with E-state index in [1.807, 2.05) is 72.2 Å². The van der Waals surface area contributed by atoms with Crippen LogP contribution in [0.25, 0.3) is 33.2 Å². The summed E-state index contributed by atoms with van der Waals surface area (Å²) < 4.78 is 12.9. The number of pyridine rings is 1. The first-order valence-electron chi connectivity index (χ1n) is 9.63. The number of hydrogen-bond donors (Lipinski definition) is 0. The third kappa shape index (κ3) is 3.03. The van der Waals surface area contributed by atoms with Gasteiger partial charge >= 0.3 is 0 Å². The molecule has 5 rings (SSSR count). The van der Waals surface area contributed by atoms with E-state index in [4.69, 9.17) is 9.26 Å². The maximum atomic E-state index is 13.1. The predicted octanol–water partition coefficient (Wildman–Crippen LogP) is 4.57. The van der Waals surface area contributed by atoms with Crippen molar-refractivity contribution in [1.82, 2.24) is 14.7 Å². The van der Waals surface area contributed by atoms with Crippen molar-refractivity contribution in [1.29, 1.82) is 0 Å². The number of benzene rings is 3. The van der Waals surface area contributed by atoms with Crippen LogP contribution in [0.4, 0.5) is 0 Å². The van der Waals surface area contributed by atoms with Crippen molar-refractivity contribution in [2.75, 3.05) is 7.11 Å². The van der Waals surface area contributed by atoms with Crippen LogP contribution < -0.4 is 10.2 Å². The second-order valence-corrected chi connectivity index (χ2v) is 7.19. The lowest BCUT2D eigenvalue weighted by Gasteiger charge is -2.14. The van der Waals surface area contributed by atoms with Gasteiger partial charge in [0.2, 0.25) is 11.7 Å².